The average Bonchev–Trinajstić information content (AvgIpc) is 3.03. The van der Waals surface area contributed by atoms with Crippen LogP contribution in [0.1, 0.15) is 90.2 Å². The van der Waals surface area contributed by atoms with Gasteiger partial charge in [0, 0.05) is 12.3 Å². The highest BCUT2D eigenvalue weighted by atomic mass is 16.4. The van der Waals surface area contributed by atoms with Crippen molar-refractivity contribution in [1.82, 2.24) is 21.1 Å². The summed E-state index contributed by atoms with van der Waals surface area (Å²) in [5, 5.41) is 27.7. The molecule has 4 atom stereocenters. The Labute approximate surface area is 280 Å². The number of hydrogen-bond acceptors (Lipinski definition) is 6. The average molecular weight is 653 g/mol. The van der Waals surface area contributed by atoms with Crippen molar-refractivity contribution in [2.24, 2.45) is 17.8 Å². The lowest BCUT2D eigenvalue weighted by molar-refractivity contribution is -0.125. The van der Waals surface area contributed by atoms with Gasteiger partial charge in [0.05, 0.1) is 12.1 Å². The molecule has 0 saturated carbocycles. The molecule has 2 aromatic rings. The lowest BCUT2D eigenvalue weighted by Gasteiger charge is -2.51. The zero-order valence-electron chi connectivity index (χ0n) is 28.6. The van der Waals surface area contributed by atoms with E-state index in [1.165, 1.54) is 5.01 Å². The Kier molecular flexibility index (Phi) is 17.8. The molecule has 0 saturated heterocycles. The molecule has 0 aliphatic carbocycles. The molecule has 2 unspecified atom stereocenters. The Morgan fingerprint density at radius 1 is 0.745 bits per heavy atom. The first kappa shape index (κ1) is 39.4. The van der Waals surface area contributed by atoms with Gasteiger partial charge < -0.3 is 30.4 Å². The second kappa shape index (κ2) is 21.2. The highest BCUT2D eigenvalue weighted by molar-refractivity contribution is 5.68. The predicted molar refractivity (Wildman–Crippen MR) is 185 cm³/mol. The van der Waals surface area contributed by atoms with Crippen molar-refractivity contribution in [2.75, 3.05) is 6.54 Å². The zero-order chi connectivity index (χ0) is 34.7. The third-order valence-corrected chi connectivity index (χ3v) is 8.88. The molecule has 2 aromatic carbocycles. The van der Waals surface area contributed by atoms with E-state index in [2.05, 4.69) is 16.1 Å². The van der Waals surface area contributed by atoms with Crippen molar-refractivity contribution < 1.29 is 29.4 Å². The van der Waals surface area contributed by atoms with Crippen molar-refractivity contribution >= 4 is 24.8 Å². The molecule has 0 heterocycles. The van der Waals surface area contributed by atoms with E-state index >= 15 is 0 Å². The van der Waals surface area contributed by atoms with Crippen molar-refractivity contribution in [3.8, 4) is 0 Å². The van der Waals surface area contributed by atoms with Crippen molar-refractivity contribution in [3.05, 3.63) is 71.8 Å². The van der Waals surface area contributed by atoms with E-state index in [-0.39, 0.29) is 24.3 Å². The lowest BCUT2D eigenvalue weighted by atomic mass is 9.77. The second-order valence-electron chi connectivity index (χ2n) is 13.2. The van der Waals surface area contributed by atoms with Gasteiger partial charge in [0.15, 0.2) is 0 Å². The third kappa shape index (κ3) is 13.5. The maximum atomic E-state index is 12.6. The minimum absolute atomic E-state index is 0.104. The first-order valence-electron chi connectivity index (χ1n) is 17.1. The molecule has 0 bridgehead atoms. The van der Waals surface area contributed by atoms with Gasteiger partial charge >= 0.3 is 12.2 Å². The maximum Gasteiger partial charge on any atom is 0.419 e. The van der Waals surface area contributed by atoms with Crippen molar-refractivity contribution in [3.63, 3.8) is 0 Å². The monoisotopic (exact) mass is 652 g/mol. The molecule has 0 aliphatic rings. The van der Waals surface area contributed by atoms with Crippen LogP contribution in [0.15, 0.2) is 60.7 Å². The van der Waals surface area contributed by atoms with Crippen LogP contribution >= 0.6 is 0 Å². The fourth-order valence-corrected chi connectivity index (χ4v) is 6.30. The molecular formula is C37H56N4O6. The van der Waals surface area contributed by atoms with E-state index < -0.39 is 29.8 Å². The van der Waals surface area contributed by atoms with Crippen LogP contribution in [0.2, 0.25) is 0 Å². The van der Waals surface area contributed by atoms with Crippen LogP contribution in [0.3, 0.4) is 0 Å². The molecule has 2 rings (SSSR count). The van der Waals surface area contributed by atoms with Crippen LogP contribution in [0.25, 0.3) is 0 Å². The quantitative estimate of drug-likeness (QED) is 0.0365. The minimum Gasteiger partial charge on any atom is -0.465 e. The van der Waals surface area contributed by atoms with Gasteiger partial charge in [-0.15, -0.1) is 0 Å². The van der Waals surface area contributed by atoms with Crippen LogP contribution < -0.4 is 16.1 Å². The minimum atomic E-state index is -1.49. The molecule has 0 radical (unpaired) electrons. The molecule has 10 nitrogen and oxygen atoms in total. The summed E-state index contributed by atoms with van der Waals surface area (Å²) in [6.07, 6.45) is 7.24. The molecule has 260 valence electrons. The summed E-state index contributed by atoms with van der Waals surface area (Å²) in [7, 11) is 0. The van der Waals surface area contributed by atoms with Crippen LogP contribution in [0.4, 0.5) is 9.59 Å². The van der Waals surface area contributed by atoms with E-state index in [1.54, 1.807) is 0 Å². The Bertz CT molecular complexity index is 1200. The number of carbonyl (C=O) groups excluding carboxylic acids is 2. The van der Waals surface area contributed by atoms with Gasteiger partial charge in [-0.2, -0.15) is 5.01 Å². The number of hydrogen-bond donors (Lipinski definition) is 5. The Balaban J connectivity index is 2.34. The van der Waals surface area contributed by atoms with Gasteiger partial charge in [0.1, 0.15) is 18.2 Å². The first-order chi connectivity index (χ1) is 22.5. The Hall–Kier alpha value is -3.76. The number of carbonyl (C=O) groups is 4. The molecule has 0 spiro atoms. The number of hydrazine groups is 1. The fourth-order valence-electron chi connectivity index (χ4n) is 6.30. The van der Waals surface area contributed by atoms with E-state index in [0.29, 0.717) is 19.1 Å². The number of rotatable bonds is 24. The number of aldehydes is 2. The summed E-state index contributed by atoms with van der Waals surface area (Å²) in [6.45, 7) is 8.52. The smallest absolute Gasteiger partial charge is 0.419 e. The molecular weight excluding hydrogens is 596 g/mol. The number of amides is 2. The normalized spacial score (nSPS) is 14.7. The van der Waals surface area contributed by atoms with Crippen molar-refractivity contribution in [2.45, 2.75) is 110 Å². The number of nitrogens with zero attached hydrogens (tertiary/aromatic N) is 1. The molecule has 2 amide bonds. The number of benzene rings is 2. The number of nitrogens with one attached hydrogen (secondary N) is 3. The maximum absolute atomic E-state index is 12.6. The second-order valence-corrected chi connectivity index (χ2v) is 13.2. The van der Waals surface area contributed by atoms with Crippen LogP contribution in [-0.4, -0.2) is 64.3 Å². The first-order valence-corrected chi connectivity index (χ1v) is 17.1. The Morgan fingerprint density at radius 2 is 1.30 bits per heavy atom. The molecule has 5 N–H and O–H groups in total. The number of carboxylic acid groups (broad SMARTS) is 2. The molecule has 0 aliphatic heterocycles. The van der Waals surface area contributed by atoms with Crippen molar-refractivity contribution in [1.29, 1.82) is 0 Å². The Morgan fingerprint density at radius 3 is 1.79 bits per heavy atom. The summed E-state index contributed by atoms with van der Waals surface area (Å²) in [6, 6.07) is 18.1. The summed E-state index contributed by atoms with van der Waals surface area (Å²) in [4.78, 5) is 48.6. The van der Waals surface area contributed by atoms with E-state index in [0.717, 1.165) is 68.9 Å². The van der Waals surface area contributed by atoms with Gasteiger partial charge in [-0.25, -0.2) is 9.59 Å². The van der Waals surface area contributed by atoms with Crippen LogP contribution in [-0.2, 0) is 22.4 Å². The van der Waals surface area contributed by atoms with E-state index in [1.807, 2.05) is 88.4 Å². The molecule has 47 heavy (non-hydrogen) atoms. The van der Waals surface area contributed by atoms with E-state index in [4.69, 9.17) is 0 Å². The topological polar surface area (TPSA) is 148 Å². The zero-order valence-corrected chi connectivity index (χ0v) is 28.6. The van der Waals surface area contributed by atoms with Gasteiger partial charge in [0.2, 0.25) is 0 Å². The molecule has 0 fully saturated rings. The third-order valence-electron chi connectivity index (χ3n) is 8.88. The highest BCUT2D eigenvalue weighted by Crippen LogP contribution is 2.35. The molecule has 0 aromatic heterocycles. The summed E-state index contributed by atoms with van der Waals surface area (Å²) in [5.41, 5.74) is 2.78. The lowest BCUT2D eigenvalue weighted by Crippen LogP contribution is -2.73. The van der Waals surface area contributed by atoms with Gasteiger partial charge in [-0.1, -0.05) is 127 Å². The summed E-state index contributed by atoms with van der Waals surface area (Å²) in [5.74, 6) is -0.434. The highest BCUT2D eigenvalue weighted by Gasteiger charge is 2.49. The number of unbranched alkanes of at least 4 members (excludes halogenated alkanes) is 6. The largest absolute Gasteiger partial charge is 0.465 e. The van der Waals surface area contributed by atoms with Gasteiger partial charge in [-0.05, 0) is 48.8 Å². The molecule has 10 heteroatoms. The van der Waals surface area contributed by atoms with Gasteiger partial charge in [0.25, 0.3) is 0 Å². The standard InChI is InChI=1S/C37H56N4O6/c1-28(2)33(26-42)38-23-17-9-7-5-6-8-16-22-32(24-30-18-12-10-13-19-30)37(39-35(44)45,25-31-20-14-11-15-21-31)41(40-36(46)47)34(27-43)29(3)4/h10-15,18-21,26-29,32-34,38-40H,5-9,16-17,22-25H2,1-4H3,(H,44,45)(H,46,47)/t32-,33?,34+,37?/m0/s1. The van der Waals surface area contributed by atoms with E-state index in [9.17, 15) is 29.4 Å². The predicted octanol–water partition coefficient (Wildman–Crippen LogP) is 6.69. The summed E-state index contributed by atoms with van der Waals surface area (Å²) >= 11 is 0. The van der Waals surface area contributed by atoms with Gasteiger partial charge in [-0.3, -0.25) is 5.43 Å². The SMILES string of the molecule is CC(C)C(C=O)NCCCCCCCCC[C@@H](Cc1ccccc1)C(Cc1ccccc1)(NC(=O)O)N(NC(=O)O)[C@H](C=O)C(C)C. The van der Waals surface area contributed by atoms with Crippen LogP contribution in [0.5, 0.6) is 0 Å². The van der Waals surface area contributed by atoms with Crippen LogP contribution in [0, 0.1) is 17.8 Å². The fraction of sp³-hybridized carbons (Fsp3) is 0.568. The summed E-state index contributed by atoms with van der Waals surface area (Å²) < 4.78 is 0.